The van der Waals surface area contributed by atoms with Crippen LogP contribution >= 0.6 is 0 Å². The molecule has 2 heterocycles. The third-order valence-electron chi connectivity index (χ3n) is 3.28. The van der Waals surface area contributed by atoms with Crippen LogP contribution in [-0.4, -0.2) is 37.6 Å². The SMILES string of the molecule is CCCN1CCCC2(CNC2)C1. The number of piperidine rings is 1. The average molecular weight is 168 g/mol. The molecule has 0 unspecified atom stereocenters. The van der Waals surface area contributed by atoms with Gasteiger partial charge in [0, 0.05) is 25.0 Å². The van der Waals surface area contributed by atoms with Gasteiger partial charge < -0.3 is 10.2 Å². The van der Waals surface area contributed by atoms with E-state index in [9.17, 15) is 0 Å². The minimum atomic E-state index is 0.688. The van der Waals surface area contributed by atoms with E-state index in [1.807, 2.05) is 0 Å². The second-order valence-electron chi connectivity index (χ2n) is 4.48. The van der Waals surface area contributed by atoms with Gasteiger partial charge in [0.1, 0.15) is 0 Å². The summed E-state index contributed by atoms with van der Waals surface area (Å²) in [7, 11) is 0. The fraction of sp³-hybridized carbons (Fsp3) is 1.00. The van der Waals surface area contributed by atoms with E-state index < -0.39 is 0 Å². The summed E-state index contributed by atoms with van der Waals surface area (Å²) in [6.45, 7) is 8.83. The van der Waals surface area contributed by atoms with Crippen molar-refractivity contribution in [3.63, 3.8) is 0 Å². The van der Waals surface area contributed by atoms with Crippen LogP contribution in [0.5, 0.6) is 0 Å². The molecular weight excluding hydrogens is 148 g/mol. The van der Waals surface area contributed by atoms with E-state index in [-0.39, 0.29) is 0 Å². The van der Waals surface area contributed by atoms with E-state index >= 15 is 0 Å². The first kappa shape index (κ1) is 8.52. The normalized spacial score (nSPS) is 28.8. The van der Waals surface area contributed by atoms with Crippen LogP contribution in [0.25, 0.3) is 0 Å². The summed E-state index contributed by atoms with van der Waals surface area (Å²) in [5.74, 6) is 0. The topological polar surface area (TPSA) is 15.3 Å². The van der Waals surface area contributed by atoms with Crippen LogP contribution in [0.1, 0.15) is 26.2 Å². The van der Waals surface area contributed by atoms with Crippen molar-refractivity contribution in [2.24, 2.45) is 5.41 Å². The highest BCUT2D eigenvalue weighted by Gasteiger charge is 2.39. The Bertz CT molecular complexity index is 150. The number of rotatable bonds is 2. The largest absolute Gasteiger partial charge is 0.315 e. The number of hydrogen-bond donors (Lipinski definition) is 1. The van der Waals surface area contributed by atoms with Crippen molar-refractivity contribution in [2.45, 2.75) is 26.2 Å². The number of hydrogen-bond acceptors (Lipinski definition) is 2. The molecule has 0 aromatic heterocycles. The molecule has 0 bridgehead atoms. The Morgan fingerprint density at radius 3 is 2.83 bits per heavy atom. The summed E-state index contributed by atoms with van der Waals surface area (Å²) < 4.78 is 0. The van der Waals surface area contributed by atoms with Crippen LogP contribution < -0.4 is 5.32 Å². The quantitative estimate of drug-likeness (QED) is 0.664. The van der Waals surface area contributed by atoms with E-state index in [0.29, 0.717) is 5.41 Å². The molecule has 1 N–H and O–H groups in total. The number of nitrogens with zero attached hydrogens (tertiary/aromatic N) is 1. The van der Waals surface area contributed by atoms with Gasteiger partial charge in [-0.3, -0.25) is 0 Å². The highest BCUT2D eigenvalue weighted by atomic mass is 15.2. The molecule has 2 aliphatic rings. The molecule has 70 valence electrons. The maximum absolute atomic E-state index is 3.41. The molecule has 0 saturated carbocycles. The van der Waals surface area contributed by atoms with Gasteiger partial charge in [-0.1, -0.05) is 6.92 Å². The Balaban J connectivity index is 1.85. The fourth-order valence-electron chi connectivity index (χ4n) is 2.58. The summed E-state index contributed by atoms with van der Waals surface area (Å²) >= 11 is 0. The van der Waals surface area contributed by atoms with Crippen molar-refractivity contribution >= 4 is 0 Å². The second-order valence-corrected chi connectivity index (χ2v) is 4.48. The van der Waals surface area contributed by atoms with E-state index in [1.54, 1.807) is 0 Å². The molecule has 2 heteroatoms. The summed E-state index contributed by atoms with van der Waals surface area (Å²) in [5, 5.41) is 3.41. The number of nitrogens with one attached hydrogen (secondary N) is 1. The Labute approximate surface area is 75.3 Å². The van der Waals surface area contributed by atoms with E-state index in [2.05, 4.69) is 17.1 Å². The van der Waals surface area contributed by atoms with Gasteiger partial charge in [-0.2, -0.15) is 0 Å². The lowest BCUT2D eigenvalue weighted by Gasteiger charge is -2.49. The summed E-state index contributed by atoms with van der Waals surface area (Å²) in [6.07, 6.45) is 4.19. The van der Waals surface area contributed by atoms with Crippen molar-refractivity contribution in [1.29, 1.82) is 0 Å². The predicted octanol–water partition coefficient (Wildman–Crippen LogP) is 1.08. The first-order valence-corrected chi connectivity index (χ1v) is 5.28. The van der Waals surface area contributed by atoms with Gasteiger partial charge in [0.05, 0.1) is 0 Å². The fourth-order valence-corrected chi connectivity index (χ4v) is 2.58. The van der Waals surface area contributed by atoms with Crippen LogP contribution in [0.3, 0.4) is 0 Å². The van der Waals surface area contributed by atoms with E-state index in [1.165, 1.54) is 52.0 Å². The zero-order chi connectivity index (χ0) is 8.44. The standard InChI is InChI=1S/C10H20N2/c1-2-5-12-6-3-4-10(9-12)7-11-8-10/h11H,2-9H2,1H3. The summed E-state index contributed by atoms with van der Waals surface area (Å²) in [4.78, 5) is 2.64. The maximum atomic E-state index is 3.41. The minimum Gasteiger partial charge on any atom is -0.315 e. The molecule has 0 atom stereocenters. The minimum absolute atomic E-state index is 0.688. The zero-order valence-electron chi connectivity index (χ0n) is 8.10. The molecule has 0 amide bonds. The van der Waals surface area contributed by atoms with Crippen LogP contribution in [0.15, 0.2) is 0 Å². The van der Waals surface area contributed by atoms with Crippen LogP contribution in [-0.2, 0) is 0 Å². The third-order valence-corrected chi connectivity index (χ3v) is 3.28. The Kier molecular flexibility index (Phi) is 2.37. The Hall–Kier alpha value is -0.0800. The maximum Gasteiger partial charge on any atom is 0.00802 e. The summed E-state index contributed by atoms with van der Waals surface area (Å²) in [6, 6.07) is 0. The first-order valence-electron chi connectivity index (χ1n) is 5.28. The lowest BCUT2D eigenvalue weighted by Crippen LogP contribution is -2.61. The van der Waals surface area contributed by atoms with Gasteiger partial charge in [-0.05, 0) is 32.4 Å². The van der Waals surface area contributed by atoms with Gasteiger partial charge in [-0.15, -0.1) is 0 Å². The van der Waals surface area contributed by atoms with Gasteiger partial charge in [0.15, 0.2) is 0 Å². The predicted molar refractivity (Wildman–Crippen MR) is 51.3 cm³/mol. The molecule has 12 heavy (non-hydrogen) atoms. The molecule has 2 nitrogen and oxygen atoms in total. The molecule has 2 rings (SSSR count). The van der Waals surface area contributed by atoms with E-state index in [4.69, 9.17) is 0 Å². The first-order chi connectivity index (χ1) is 5.85. The van der Waals surface area contributed by atoms with Gasteiger partial charge >= 0.3 is 0 Å². The Morgan fingerprint density at radius 1 is 1.42 bits per heavy atom. The number of likely N-dealkylation sites (tertiary alicyclic amines) is 1. The highest BCUT2D eigenvalue weighted by molar-refractivity contribution is 4.96. The van der Waals surface area contributed by atoms with Crippen molar-refractivity contribution in [3.05, 3.63) is 0 Å². The molecule has 2 fully saturated rings. The van der Waals surface area contributed by atoms with Gasteiger partial charge in [0.25, 0.3) is 0 Å². The van der Waals surface area contributed by atoms with Crippen LogP contribution in [0.4, 0.5) is 0 Å². The molecule has 2 saturated heterocycles. The van der Waals surface area contributed by atoms with Gasteiger partial charge in [0.2, 0.25) is 0 Å². The van der Waals surface area contributed by atoms with Crippen molar-refractivity contribution in [2.75, 3.05) is 32.7 Å². The molecule has 0 aromatic carbocycles. The van der Waals surface area contributed by atoms with Crippen LogP contribution in [0, 0.1) is 5.41 Å². The molecule has 1 spiro atoms. The van der Waals surface area contributed by atoms with Crippen LogP contribution in [0.2, 0.25) is 0 Å². The molecule has 0 aromatic rings. The highest BCUT2D eigenvalue weighted by Crippen LogP contribution is 2.33. The van der Waals surface area contributed by atoms with Crippen molar-refractivity contribution in [1.82, 2.24) is 10.2 Å². The van der Waals surface area contributed by atoms with Crippen molar-refractivity contribution in [3.8, 4) is 0 Å². The lowest BCUT2D eigenvalue weighted by atomic mass is 9.75. The Morgan fingerprint density at radius 2 is 2.25 bits per heavy atom. The van der Waals surface area contributed by atoms with E-state index in [0.717, 1.165) is 0 Å². The second kappa shape index (κ2) is 3.35. The molecule has 0 aliphatic carbocycles. The average Bonchev–Trinajstić information content (AvgIpc) is 2.03. The molecule has 0 radical (unpaired) electrons. The van der Waals surface area contributed by atoms with Crippen molar-refractivity contribution < 1.29 is 0 Å². The molecular formula is C10H20N2. The van der Waals surface area contributed by atoms with Gasteiger partial charge in [-0.25, -0.2) is 0 Å². The monoisotopic (exact) mass is 168 g/mol. The summed E-state index contributed by atoms with van der Waals surface area (Å²) in [5.41, 5.74) is 0.688. The molecule has 2 aliphatic heterocycles. The third kappa shape index (κ3) is 1.50. The lowest BCUT2D eigenvalue weighted by molar-refractivity contribution is 0.0418. The smallest absolute Gasteiger partial charge is 0.00802 e. The zero-order valence-corrected chi connectivity index (χ0v) is 8.10.